The highest BCUT2D eigenvalue weighted by Gasteiger charge is 2.18. The van der Waals surface area contributed by atoms with E-state index in [1.54, 1.807) is 0 Å². The Labute approximate surface area is 179 Å². The van der Waals surface area contributed by atoms with E-state index in [1.165, 1.54) is 26.4 Å². The number of hydrazone groups is 1. The first-order chi connectivity index (χ1) is 14.7. The smallest absolute Gasteiger partial charge is 0.282 e. The van der Waals surface area contributed by atoms with E-state index in [0.717, 1.165) is 17.3 Å². The van der Waals surface area contributed by atoms with Gasteiger partial charge in [0.1, 0.15) is 0 Å². The summed E-state index contributed by atoms with van der Waals surface area (Å²) in [7, 11) is 2.77. The first kappa shape index (κ1) is 23.3. The highest BCUT2D eigenvalue weighted by atomic mass is 16.6. The van der Waals surface area contributed by atoms with Crippen molar-refractivity contribution in [3.63, 3.8) is 0 Å². The van der Waals surface area contributed by atoms with Gasteiger partial charge in [0.2, 0.25) is 11.8 Å². The second-order valence-corrected chi connectivity index (χ2v) is 6.68. The van der Waals surface area contributed by atoms with Crippen LogP contribution in [0.15, 0.2) is 35.4 Å². The number of carbonyl (C=O) groups is 2. The van der Waals surface area contributed by atoms with Crippen LogP contribution < -0.4 is 20.2 Å². The maximum Gasteiger partial charge on any atom is 0.282 e. The van der Waals surface area contributed by atoms with E-state index in [1.807, 2.05) is 32.0 Å². The Balaban J connectivity index is 1.95. The van der Waals surface area contributed by atoms with Crippen LogP contribution in [-0.2, 0) is 9.59 Å². The maximum absolute atomic E-state index is 12.1. The Morgan fingerprint density at radius 3 is 2.32 bits per heavy atom. The molecule has 2 N–H and O–H groups in total. The molecule has 2 aromatic carbocycles. The fourth-order valence-corrected chi connectivity index (χ4v) is 2.77. The molecule has 0 heterocycles. The Morgan fingerprint density at radius 2 is 1.71 bits per heavy atom. The molecule has 0 bridgehead atoms. The van der Waals surface area contributed by atoms with Crippen molar-refractivity contribution < 1.29 is 24.0 Å². The van der Waals surface area contributed by atoms with Gasteiger partial charge in [0, 0.05) is 18.5 Å². The molecule has 164 valence electrons. The minimum atomic E-state index is -0.595. The number of nitrogens with one attached hydrogen (secondary N) is 2. The Hall–Kier alpha value is -3.95. The summed E-state index contributed by atoms with van der Waals surface area (Å²) in [5.41, 5.74) is 4.82. The zero-order valence-corrected chi connectivity index (χ0v) is 17.7. The van der Waals surface area contributed by atoms with Gasteiger partial charge >= 0.3 is 0 Å². The zero-order valence-electron chi connectivity index (χ0n) is 17.7. The van der Waals surface area contributed by atoms with E-state index in [-0.39, 0.29) is 41.5 Å². The fourth-order valence-electron chi connectivity index (χ4n) is 2.77. The van der Waals surface area contributed by atoms with E-state index in [9.17, 15) is 19.7 Å². The third-order valence-electron chi connectivity index (χ3n) is 4.36. The molecule has 0 atom stereocenters. The summed E-state index contributed by atoms with van der Waals surface area (Å²) in [5, 5.41) is 17.8. The molecule has 0 aliphatic heterocycles. The van der Waals surface area contributed by atoms with Crippen LogP contribution in [0.3, 0.4) is 0 Å². The molecule has 0 aliphatic carbocycles. The van der Waals surface area contributed by atoms with Gasteiger partial charge < -0.3 is 14.8 Å². The topological polar surface area (TPSA) is 132 Å². The number of rotatable bonds is 9. The van der Waals surface area contributed by atoms with Crippen molar-refractivity contribution in [1.82, 2.24) is 5.43 Å². The summed E-state index contributed by atoms with van der Waals surface area (Å²) in [4.78, 5) is 34.7. The van der Waals surface area contributed by atoms with Gasteiger partial charge in [-0.15, -0.1) is 0 Å². The van der Waals surface area contributed by atoms with Crippen molar-refractivity contribution >= 4 is 29.4 Å². The molecule has 0 saturated heterocycles. The Bertz CT molecular complexity index is 1020. The second kappa shape index (κ2) is 10.7. The first-order valence-electron chi connectivity index (χ1n) is 9.34. The van der Waals surface area contributed by atoms with Gasteiger partial charge in [-0.2, -0.15) is 5.10 Å². The molecule has 31 heavy (non-hydrogen) atoms. The van der Waals surface area contributed by atoms with Gasteiger partial charge in [-0.3, -0.25) is 19.7 Å². The third-order valence-corrected chi connectivity index (χ3v) is 4.36. The molecule has 2 aromatic rings. The van der Waals surface area contributed by atoms with Crippen molar-refractivity contribution in [2.24, 2.45) is 5.10 Å². The molecule has 0 spiro atoms. The molecular formula is C21H24N4O6. The van der Waals surface area contributed by atoms with Gasteiger partial charge in [0.15, 0.2) is 11.5 Å². The number of nitro benzene ring substituents is 1. The lowest BCUT2D eigenvalue weighted by molar-refractivity contribution is -0.385. The number of ether oxygens (including phenoxy) is 2. The van der Waals surface area contributed by atoms with Gasteiger partial charge in [0.25, 0.3) is 5.69 Å². The van der Waals surface area contributed by atoms with Crippen molar-refractivity contribution in [2.75, 3.05) is 19.5 Å². The van der Waals surface area contributed by atoms with E-state index < -0.39 is 10.8 Å². The predicted molar refractivity (Wildman–Crippen MR) is 116 cm³/mol. The highest BCUT2D eigenvalue weighted by molar-refractivity contribution is 5.94. The van der Waals surface area contributed by atoms with Gasteiger partial charge in [-0.05, 0) is 31.5 Å². The zero-order chi connectivity index (χ0) is 23.0. The van der Waals surface area contributed by atoms with Crippen molar-refractivity contribution in [3.8, 4) is 11.5 Å². The molecule has 0 fully saturated rings. The van der Waals surface area contributed by atoms with Crippen LogP contribution >= 0.6 is 0 Å². The summed E-state index contributed by atoms with van der Waals surface area (Å²) in [6.07, 6.45) is 1.00. The first-order valence-corrected chi connectivity index (χ1v) is 9.34. The average molecular weight is 428 g/mol. The standard InChI is InChI=1S/C21H24N4O6/c1-13-5-6-16(14(2)9-13)23-20(26)7-8-21(27)24-22-12-15-10-18(30-3)19(31-4)11-17(15)25(28)29/h5-6,9-12H,7-8H2,1-4H3,(H,23,26)(H,24,27)/b22-12-. The van der Waals surface area contributed by atoms with Crippen LogP contribution in [0.5, 0.6) is 11.5 Å². The van der Waals surface area contributed by atoms with Crippen LogP contribution in [0.4, 0.5) is 11.4 Å². The summed E-state index contributed by atoms with van der Waals surface area (Å²) in [6.45, 7) is 3.84. The maximum atomic E-state index is 12.1. The summed E-state index contributed by atoms with van der Waals surface area (Å²) >= 11 is 0. The summed E-state index contributed by atoms with van der Waals surface area (Å²) in [5.74, 6) is -0.328. The number of anilines is 1. The van der Waals surface area contributed by atoms with Crippen molar-refractivity contribution in [1.29, 1.82) is 0 Å². The lowest BCUT2D eigenvalue weighted by Crippen LogP contribution is -2.21. The number of nitro groups is 1. The molecule has 0 aliphatic rings. The summed E-state index contributed by atoms with van der Waals surface area (Å²) < 4.78 is 10.2. The van der Waals surface area contributed by atoms with Crippen LogP contribution in [0.25, 0.3) is 0 Å². The minimum Gasteiger partial charge on any atom is -0.493 e. The van der Waals surface area contributed by atoms with E-state index in [4.69, 9.17) is 9.47 Å². The predicted octanol–water partition coefficient (Wildman–Crippen LogP) is 3.10. The van der Waals surface area contributed by atoms with Crippen molar-refractivity contribution in [2.45, 2.75) is 26.7 Å². The molecule has 0 aromatic heterocycles. The molecule has 10 heteroatoms. The molecule has 0 radical (unpaired) electrons. The molecule has 2 amide bonds. The minimum absolute atomic E-state index is 0.0365. The van der Waals surface area contributed by atoms with Gasteiger partial charge in [0.05, 0.1) is 37.0 Å². The number of methoxy groups -OCH3 is 2. The van der Waals surface area contributed by atoms with Crippen LogP contribution in [-0.4, -0.2) is 37.2 Å². The molecule has 10 nitrogen and oxygen atoms in total. The van der Waals surface area contributed by atoms with Gasteiger partial charge in [-0.25, -0.2) is 5.43 Å². The molecule has 0 unspecified atom stereocenters. The lowest BCUT2D eigenvalue weighted by atomic mass is 10.1. The number of nitrogens with zero attached hydrogens (tertiary/aromatic N) is 2. The quantitative estimate of drug-likeness (QED) is 0.358. The number of hydrogen-bond acceptors (Lipinski definition) is 7. The van der Waals surface area contributed by atoms with E-state index >= 15 is 0 Å². The largest absolute Gasteiger partial charge is 0.493 e. The molecule has 2 rings (SSSR count). The second-order valence-electron chi connectivity index (χ2n) is 6.68. The van der Waals surface area contributed by atoms with Crippen LogP contribution in [0.2, 0.25) is 0 Å². The Morgan fingerprint density at radius 1 is 1.06 bits per heavy atom. The third kappa shape index (κ3) is 6.53. The van der Waals surface area contributed by atoms with E-state index in [2.05, 4.69) is 15.8 Å². The number of benzene rings is 2. The molecular weight excluding hydrogens is 404 g/mol. The number of aryl methyl sites for hydroxylation is 2. The van der Waals surface area contributed by atoms with Gasteiger partial charge in [-0.1, -0.05) is 17.7 Å². The number of amides is 2. The average Bonchev–Trinajstić information content (AvgIpc) is 2.73. The lowest BCUT2D eigenvalue weighted by Gasteiger charge is -2.09. The molecule has 0 saturated carbocycles. The van der Waals surface area contributed by atoms with Crippen LogP contribution in [0.1, 0.15) is 29.5 Å². The normalized spacial score (nSPS) is 10.6. The number of carbonyl (C=O) groups excluding carboxylic acids is 2. The van der Waals surface area contributed by atoms with Crippen molar-refractivity contribution in [3.05, 3.63) is 57.1 Å². The fraction of sp³-hybridized carbons (Fsp3) is 0.286. The highest BCUT2D eigenvalue weighted by Crippen LogP contribution is 2.33. The summed E-state index contributed by atoms with van der Waals surface area (Å²) in [6, 6.07) is 8.23. The van der Waals surface area contributed by atoms with E-state index in [0.29, 0.717) is 5.69 Å². The Kier molecular flexibility index (Phi) is 8.07. The number of hydrogen-bond donors (Lipinski definition) is 2. The SMILES string of the molecule is COc1cc(/C=N\NC(=O)CCC(=O)Nc2ccc(C)cc2C)c([N+](=O)[O-])cc1OC. The monoisotopic (exact) mass is 428 g/mol. The van der Waals surface area contributed by atoms with Crippen LogP contribution in [0, 0.1) is 24.0 Å².